The molecule has 132 valence electrons. The topological polar surface area (TPSA) is 72.5 Å². The Hall–Kier alpha value is -3.74. The summed E-state index contributed by atoms with van der Waals surface area (Å²) in [5, 5.41) is 0.986. The van der Waals surface area contributed by atoms with Crippen molar-refractivity contribution in [2.24, 2.45) is 0 Å². The SMILES string of the molecule is Fc1ccc(-c2ncn(Cc3cnco3)c2-c2ccnc3[nH]ccc23)cc1. The summed E-state index contributed by atoms with van der Waals surface area (Å²) in [5.74, 6) is 0.442. The Morgan fingerprint density at radius 2 is 1.96 bits per heavy atom. The number of hydrogen-bond donors (Lipinski definition) is 1. The van der Waals surface area contributed by atoms with E-state index in [9.17, 15) is 4.39 Å². The summed E-state index contributed by atoms with van der Waals surface area (Å²) < 4.78 is 20.8. The van der Waals surface area contributed by atoms with E-state index in [4.69, 9.17) is 4.42 Å². The van der Waals surface area contributed by atoms with E-state index in [-0.39, 0.29) is 5.82 Å². The first kappa shape index (κ1) is 15.5. The predicted molar refractivity (Wildman–Crippen MR) is 98.3 cm³/mol. The Balaban J connectivity index is 1.74. The average Bonchev–Trinajstić information content (AvgIpc) is 3.43. The first-order chi connectivity index (χ1) is 13.3. The largest absolute Gasteiger partial charge is 0.447 e. The molecule has 0 spiro atoms. The number of pyridine rings is 1. The molecule has 0 aliphatic carbocycles. The maximum Gasteiger partial charge on any atom is 0.180 e. The normalized spacial score (nSPS) is 11.3. The lowest BCUT2D eigenvalue weighted by molar-refractivity contribution is 0.489. The predicted octanol–water partition coefficient (Wildman–Crippen LogP) is 4.27. The number of halogens is 1. The highest BCUT2D eigenvalue weighted by Gasteiger charge is 2.18. The molecule has 4 heterocycles. The maximum atomic E-state index is 13.4. The van der Waals surface area contributed by atoms with Crippen LogP contribution in [0.3, 0.4) is 0 Å². The minimum Gasteiger partial charge on any atom is -0.447 e. The van der Waals surface area contributed by atoms with Gasteiger partial charge in [0, 0.05) is 28.9 Å². The van der Waals surface area contributed by atoms with Crippen LogP contribution in [0.15, 0.2) is 72.1 Å². The number of imidazole rings is 1. The van der Waals surface area contributed by atoms with Gasteiger partial charge in [-0.2, -0.15) is 0 Å². The van der Waals surface area contributed by atoms with Crippen LogP contribution in [0.4, 0.5) is 4.39 Å². The Morgan fingerprint density at radius 1 is 1.07 bits per heavy atom. The molecule has 0 radical (unpaired) electrons. The zero-order chi connectivity index (χ0) is 18.2. The quantitative estimate of drug-likeness (QED) is 0.520. The van der Waals surface area contributed by atoms with Gasteiger partial charge in [-0.3, -0.25) is 0 Å². The molecule has 0 unspecified atom stereocenters. The van der Waals surface area contributed by atoms with E-state index in [1.807, 2.05) is 22.9 Å². The third-order valence-electron chi connectivity index (χ3n) is 4.48. The van der Waals surface area contributed by atoms with E-state index in [0.29, 0.717) is 6.54 Å². The Kier molecular flexibility index (Phi) is 3.57. The molecule has 6 nitrogen and oxygen atoms in total. The molecular weight excluding hydrogens is 345 g/mol. The first-order valence-electron chi connectivity index (χ1n) is 8.40. The number of nitrogens with one attached hydrogen (secondary N) is 1. The van der Waals surface area contributed by atoms with Crippen molar-refractivity contribution in [3.63, 3.8) is 0 Å². The smallest absolute Gasteiger partial charge is 0.180 e. The molecule has 27 heavy (non-hydrogen) atoms. The molecule has 1 N–H and O–H groups in total. The summed E-state index contributed by atoms with van der Waals surface area (Å²) in [7, 11) is 0. The second-order valence-electron chi connectivity index (χ2n) is 6.14. The third kappa shape index (κ3) is 2.69. The number of rotatable bonds is 4. The molecule has 4 aromatic heterocycles. The van der Waals surface area contributed by atoms with Crippen molar-refractivity contribution in [1.82, 2.24) is 24.5 Å². The van der Waals surface area contributed by atoms with Crippen LogP contribution in [-0.4, -0.2) is 24.5 Å². The summed E-state index contributed by atoms with van der Waals surface area (Å²) in [6.07, 6.45) is 8.46. The summed E-state index contributed by atoms with van der Waals surface area (Å²) in [5.41, 5.74) is 4.29. The summed E-state index contributed by atoms with van der Waals surface area (Å²) >= 11 is 0. The van der Waals surface area contributed by atoms with Gasteiger partial charge in [0.2, 0.25) is 0 Å². The van der Waals surface area contributed by atoms with Crippen LogP contribution in [0.2, 0.25) is 0 Å². The lowest BCUT2D eigenvalue weighted by Gasteiger charge is -2.10. The maximum absolute atomic E-state index is 13.4. The van der Waals surface area contributed by atoms with E-state index in [1.54, 1.807) is 30.9 Å². The molecule has 0 bridgehead atoms. The summed E-state index contributed by atoms with van der Waals surface area (Å²) in [6.45, 7) is 0.484. The summed E-state index contributed by atoms with van der Waals surface area (Å²) in [4.78, 5) is 16.1. The lowest BCUT2D eigenvalue weighted by atomic mass is 10.0. The summed E-state index contributed by atoms with van der Waals surface area (Å²) in [6, 6.07) is 10.3. The second kappa shape index (κ2) is 6.21. The van der Waals surface area contributed by atoms with Crippen LogP contribution in [0, 0.1) is 5.82 Å². The van der Waals surface area contributed by atoms with Gasteiger partial charge < -0.3 is 14.0 Å². The molecule has 5 rings (SSSR count). The van der Waals surface area contributed by atoms with Crippen molar-refractivity contribution in [2.45, 2.75) is 6.54 Å². The van der Waals surface area contributed by atoms with E-state index >= 15 is 0 Å². The van der Waals surface area contributed by atoms with E-state index in [1.165, 1.54) is 18.5 Å². The van der Waals surface area contributed by atoms with Crippen molar-refractivity contribution in [1.29, 1.82) is 0 Å². The molecule has 0 aliphatic heterocycles. The monoisotopic (exact) mass is 359 g/mol. The fourth-order valence-corrected chi connectivity index (χ4v) is 3.26. The van der Waals surface area contributed by atoms with Gasteiger partial charge in [-0.1, -0.05) is 0 Å². The van der Waals surface area contributed by atoms with E-state index in [2.05, 4.69) is 19.9 Å². The van der Waals surface area contributed by atoms with Gasteiger partial charge in [-0.25, -0.2) is 19.3 Å². The third-order valence-corrected chi connectivity index (χ3v) is 4.48. The van der Waals surface area contributed by atoms with Crippen LogP contribution >= 0.6 is 0 Å². The van der Waals surface area contributed by atoms with Gasteiger partial charge in [0.1, 0.15) is 17.2 Å². The Bertz CT molecular complexity index is 1210. The number of oxazole rings is 1. The molecule has 0 saturated heterocycles. The van der Waals surface area contributed by atoms with E-state index in [0.717, 1.165) is 39.3 Å². The fourth-order valence-electron chi connectivity index (χ4n) is 3.26. The number of hydrogen-bond acceptors (Lipinski definition) is 4. The fraction of sp³-hybridized carbons (Fsp3) is 0.0500. The van der Waals surface area contributed by atoms with Crippen LogP contribution in [0.25, 0.3) is 33.5 Å². The Labute approximate surface area is 153 Å². The standard InChI is InChI=1S/C20H14FN5O/c21-14-3-1-13(2-4-14)18-19(16-5-7-23-20-17(16)6-8-24-20)26(11-25-18)10-15-9-22-12-27-15/h1-9,11-12H,10H2,(H,23,24). The van der Waals surface area contributed by atoms with Gasteiger partial charge in [0.15, 0.2) is 6.39 Å². The van der Waals surface area contributed by atoms with E-state index < -0.39 is 0 Å². The molecular formula is C20H14FN5O. The van der Waals surface area contributed by atoms with Crippen molar-refractivity contribution in [3.05, 3.63) is 79.3 Å². The second-order valence-corrected chi connectivity index (χ2v) is 6.14. The molecule has 1 aromatic carbocycles. The lowest BCUT2D eigenvalue weighted by Crippen LogP contribution is -2.00. The molecule has 5 aromatic rings. The average molecular weight is 359 g/mol. The zero-order valence-corrected chi connectivity index (χ0v) is 14.1. The number of H-pyrrole nitrogens is 1. The number of nitrogens with zero attached hydrogens (tertiary/aromatic N) is 4. The van der Waals surface area contributed by atoms with Crippen molar-refractivity contribution >= 4 is 11.0 Å². The molecule has 0 aliphatic rings. The number of benzene rings is 1. The van der Waals surface area contributed by atoms with Crippen molar-refractivity contribution in [3.8, 4) is 22.5 Å². The molecule has 7 heteroatoms. The minimum atomic E-state index is -0.279. The molecule has 0 saturated carbocycles. The molecule has 0 atom stereocenters. The van der Waals surface area contributed by atoms with Crippen LogP contribution < -0.4 is 0 Å². The number of aromatic amines is 1. The number of fused-ring (bicyclic) bond motifs is 1. The van der Waals surface area contributed by atoms with Crippen molar-refractivity contribution < 1.29 is 8.81 Å². The van der Waals surface area contributed by atoms with Gasteiger partial charge in [0.05, 0.1) is 30.5 Å². The Morgan fingerprint density at radius 3 is 2.78 bits per heavy atom. The van der Waals surface area contributed by atoms with Crippen LogP contribution in [-0.2, 0) is 6.54 Å². The van der Waals surface area contributed by atoms with Crippen molar-refractivity contribution in [2.75, 3.05) is 0 Å². The van der Waals surface area contributed by atoms with Gasteiger partial charge in [-0.05, 0) is 36.4 Å². The van der Waals surface area contributed by atoms with Gasteiger partial charge in [0.25, 0.3) is 0 Å². The van der Waals surface area contributed by atoms with Gasteiger partial charge >= 0.3 is 0 Å². The van der Waals surface area contributed by atoms with Crippen LogP contribution in [0.1, 0.15) is 5.76 Å². The van der Waals surface area contributed by atoms with Crippen LogP contribution in [0.5, 0.6) is 0 Å². The molecule has 0 fully saturated rings. The number of aromatic nitrogens is 5. The highest BCUT2D eigenvalue weighted by atomic mass is 19.1. The van der Waals surface area contributed by atoms with Gasteiger partial charge in [-0.15, -0.1) is 0 Å². The highest BCUT2D eigenvalue weighted by Crippen LogP contribution is 2.35. The minimum absolute atomic E-state index is 0.279. The zero-order valence-electron chi connectivity index (χ0n) is 14.1. The first-order valence-corrected chi connectivity index (χ1v) is 8.40. The molecule has 0 amide bonds. The highest BCUT2D eigenvalue weighted by molar-refractivity contribution is 5.95.